The van der Waals surface area contributed by atoms with Gasteiger partial charge in [-0.25, -0.2) is 0 Å². The zero-order chi connectivity index (χ0) is 9.50. The first-order valence-corrected chi connectivity index (χ1v) is 5.87. The predicted molar refractivity (Wildman–Crippen MR) is 41.3 cm³/mol. The maximum atomic E-state index is 10.1. The minimum absolute atomic E-state index is 0. The van der Waals surface area contributed by atoms with Gasteiger partial charge in [-0.2, -0.15) is 0 Å². The third-order valence-corrected chi connectivity index (χ3v) is 6.12. The Balaban J connectivity index is -0.000000167. The Morgan fingerprint density at radius 2 is 1.14 bits per heavy atom. The van der Waals surface area contributed by atoms with Crippen LogP contribution in [0.25, 0.3) is 0 Å². The molecule has 2 atom stereocenters. The molecule has 0 fully saturated rings. The second kappa shape index (κ2) is 8.30. The molecule has 0 rings (SSSR count). The molecule has 0 spiro atoms. The van der Waals surface area contributed by atoms with Gasteiger partial charge < -0.3 is 28.7 Å². The number of hydrogen-bond donors (Lipinski definition) is 2. The normalized spacial score (nSPS) is 18.7. The Hall–Kier alpha value is 3.17. The predicted octanol–water partition coefficient (Wildman–Crippen LogP) is -6.40. The fourth-order valence-corrected chi connectivity index (χ4v) is 1.44. The van der Waals surface area contributed by atoms with Crippen LogP contribution in [0.15, 0.2) is 0 Å². The van der Waals surface area contributed by atoms with Crippen molar-refractivity contribution in [3.05, 3.63) is 0 Å². The van der Waals surface area contributed by atoms with Gasteiger partial charge in [0.25, 0.3) is 0 Å². The van der Waals surface area contributed by atoms with E-state index in [0.717, 1.165) is 0 Å². The molecule has 0 saturated heterocycles. The van der Waals surface area contributed by atoms with Gasteiger partial charge in [0.2, 0.25) is 3.82 Å². The Morgan fingerprint density at radius 1 is 1.00 bits per heavy atom. The molecule has 0 aliphatic carbocycles. The van der Waals surface area contributed by atoms with Crippen LogP contribution in [0.3, 0.4) is 0 Å². The van der Waals surface area contributed by atoms with Crippen LogP contribution < -0.4 is 68.9 Å². The molecule has 0 aromatic rings. The maximum Gasteiger partial charge on any atom is 1.00 e. The van der Waals surface area contributed by atoms with Gasteiger partial charge in [0.1, 0.15) is 0 Å². The van der Waals surface area contributed by atoms with Crippen molar-refractivity contribution in [1.82, 2.24) is 0 Å². The molecular weight excluding hydrogens is 322 g/mol. The van der Waals surface area contributed by atoms with Crippen LogP contribution >= 0.6 is 50.8 Å². The topological polar surface area (TPSA) is 121 Å². The van der Waals surface area contributed by atoms with Crippen LogP contribution in [-0.4, -0.2) is 13.6 Å². The fraction of sp³-hybridized carbons (Fsp3) is 1.00. The summed E-state index contributed by atoms with van der Waals surface area (Å²) in [4.78, 5) is 36.3. The summed E-state index contributed by atoms with van der Waals surface area (Å²) in [6.07, 6.45) is 0. The molecule has 76 valence electrons. The van der Waals surface area contributed by atoms with Crippen LogP contribution in [0.4, 0.5) is 0 Å². The van der Waals surface area contributed by atoms with Crippen molar-refractivity contribution in [2.24, 2.45) is 0 Å². The summed E-state index contributed by atoms with van der Waals surface area (Å²) in [6, 6.07) is 0. The van der Waals surface area contributed by atoms with Gasteiger partial charge in [0, 0.05) is 0 Å². The second-order valence-electron chi connectivity index (χ2n) is 1.55. The maximum absolute atomic E-state index is 10.1. The van der Waals surface area contributed by atoms with Gasteiger partial charge in [-0.05, 0) is 0 Å². The Labute approximate surface area is 140 Å². The molecule has 0 aliphatic heterocycles. The molecule has 6 nitrogen and oxygen atoms in total. The molecule has 0 aliphatic rings. The Kier molecular flexibility index (Phi) is 15.4. The summed E-state index contributed by atoms with van der Waals surface area (Å²) < 4.78 is 16.6. The molecule has 13 heteroatoms. The van der Waals surface area contributed by atoms with Gasteiger partial charge in [-0.15, -0.1) is 12.4 Å². The molecule has 2 N–H and O–H groups in total. The van der Waals surface area contributed by atoms with E-state index in [9.17, 15) is 18.9 Å². The summed E-state index contributed by atoms with van der Waals surface area (Å²) in [5.74, 6) is 0. The molecule has 14 heavy (non-hydrogen) atoms. The van der Waals surface area contributed by atoms with Gasteiger partial charge in [-0.3, -0.25) is 0 Å². The fourth-order valence-electron chi connectivity index (χ4n) is 0.160. The monoisotopic (exact) mass is 324 g/mol. The van der Waals surface area contributed by atoms with Crippen LogP contribution in [-0.2, 0) is 9.13 Å². The average molecular weight is 325 g/mol. The SMILES string of the molecule is Cl.O=P([O-])(O)C(Cl)(Cl)P(=O)([O-])O.[Na+].[Na+]. The summed E-state index contributed by atoms with van der Waals surface area (Å²) in [5, 5.41) is 0. The van der Waals surface area contributed by atoms with Crippen LogP contribution in [0.2, 0.25) is 0 Å². The van der Waals surface area contributed by atoms with Gasteiger partial charge in [-0.1, -0.05) is 23.2 Å². The van der Waals surface area contributed by atoms with E-state index in [1.54, 1.807) is 0 Å². The van der Waals surface area contributed by atoms with Gasteiger partial charge >= 0.3 is 59.1 Å². The first-order chi connectivity index (χ1) is 4.50. The van der Waals surface area contributed by atoms with Crippen molar-refractivity contribution in [1.29, 1.82) is 0 Å². The van der Waals surface area contributed by atoms with Gasteiger partial charge in [0.05, 0.1) is 0 Å². The third-order valence-electron chi connectivity index (χ3n) is 0.680. The van der Waals surface area contributed by atoms with Crippen LogP contribution in [0.1, 0.15) is 0 Å². The van der Waals surface area contributed by atoms with E-state index in [2.05, 4.69) is 23.2 Å². The first-order valence-electron chi connectivity index (χ1n) is 1.96. The molecule has 0 aromatic carbocycles. The van der Waals surface area contributed by atoms with Crippen LogP contribution in [0.5, 0.6) is 0 Å². The zero-order valence-electron chi connectivity index (χ0n) is 7.09. The van der Waals surface area contributed by atoms with E-state index in [4.69, 9.17) is 9.79 Å². The summed E-state index contributed by atoms with van der Waals surface area (Å²) in [5.41, 5.74) is 0. The zero-order valence-corrected chi connectivity index (χ0v) is 15.2. The average Bonchev–Trinajstić information content (AvgIpc) is 1.58. The minimum Gasteiger partial charge on any atom is -0.776 e. The number of alkyl halides is 2. The molecular formula is CH3Cl3Na2O6P2. The van der Waals surface area contributed by atoms with Crippen molar-refractivity contribution in [2.75, 3.05) is 0 Å². The second-order valence-corrected chi connectivity index (χ2v) is 7.71. The Morgan fingerprint density at radius 3 is 1.14 bits per heavy atom. The van der Waals surface area contributed by atoms with Crippen molar-refractivity contribution >= 4 is 50.8 Å². The summed E-state index contributed by atoms with van der Waals surface area (Å²) >= 11 is 9.21. The number of hydrogen-bond acceptors (Lipinski definition) is 4. The molecule has 2 unspecified atom stereocenters. The Bertz CT molecular complexity index is 221. The first kappa shape index (κ1) is 25.9. The van der Waals surface area contributed by atoms with Crippen LogP contribution in [0, 0.1) is 0 Å². The van der Waals surface area contributed by atoms with E-state index < -0.39 is 19.0 Å². The van der Waals surface area contributed by atoms with E-state index in [0.29, 0.717) is 0 Å². The molecule has 0 aromatic heterocycles. The van der Waals surface area contributed by atoms with Crippen molar-refractivity contribution in [3.63, 3.8) is 0 Å². The van der Waals surface area contributed by atoms with Gasteiger partial charge in [0.15, 0.2) is 15.2 Å². The molecule has 0 bridgehead atoms. The number of halogens is 3. The summed E-state index contributed by atoms with van der Waals surface area (Å²) in [7, 11) is -11.1. The quantitative estimate of drug-likeness (QED) is 0.296. The molecule has 0 radical (unpaired) electrons. The molecule has 0 heterocycles. The minimum atomic E-state index is -5.53. The standard InChI is InChI=1S/CH4Cl2O6P2.ClH.2Na/c2-1(3,10(4,5)6)11(7,8)9;;;/h(H2,4,5,6)(H2,7,8,9);1H;;/q;;2*+1/p-2. The van der Waals surface area contributed by atoms with E-state index in [-0.39, 0.29) is 71.5 Å². The van der Waals surface area contributed by atoms with Crippen molar-refractivity contribution in [2.45, 2.75) is 3.82 Å². The summed E-state index contributed by atoms with van der Waals surface area (Å²) in [6.45, 7) is 0. The van der Waals surface area contributed by atoms with E-state index in [1.165, 1.54) is 0 Å². The number of rotatable bonds is 2. The van der Waals surface area contributed by atoms with Crippen molar-refractivity contribution < 1.29 is 87.8 Å². The smallest absolute Gasteiger partial charge is 0.776 e. The largest absolute Gasteiger partial charge is 1.00 e. The molecule has 0 saturated carbocycles. The molecule has 0 amide bonds. The third kappa shape index (κ3) is 6.80. The van der Waals surface area contributed by atoms with E-state index in [1.807, 2.05) is 0 Å². The van der Waals surface area contributed by atoms with E-state index >= 15 is 0 Å². The van der Waals surface area contributed by atoms with Crippen molar-refractivity contribution in [3.8, 4) is 0 Å².